The Balaban J connectivity index is 1.22. The third-order valence-corrected chi connectivity index (χ3v) is 7.36. The topological polar surface area (TPSA) is 104 Å². The number of anilines is 4. The molecular weight excluding hydrogens is 546 g/mol. The lowest BCUT2D eigenvalue weighted by atomic mass is 10.2. The van der Waals surface area contributed by atoms with Crippen LogP contribution in [0.25, 0.3) is 0 Å². The molecule has 0 aliphatic carbocycles. The minimum Gasteiger partial charge on any atom is -0.494 e. The predicted octanol–water partition coefficient (Wildman–Crippen LogP) is 4.09. The lowest BCUT2D eigenvalue weighted by molar-refractivity contribution is -0.116. The molecule has 0 radical (unpaired) electrons. The van der Waals surface area contributed by atoms with Crippen molar-refractivity contribution in [2.45, 2.75) is 6.42 Å². The van der Waals surface area contributed by atoms with E-state index in [9.17, 15) is 4.79 Å². The van der Waals surface area contributed by atoms with Gasteiger partial charge in [0.1, 0.15) is 16.5 Å². The van der Waals surface area contributed by atoms with E-state index < -0.39 is 0 Å². The summed E-state index contributed by atoms with van der Waals surface area (Å²) in [7, 11) is 3.78. The van der Waals surface area contributed by atoms with Crippen molar-refractivity contribution in [3.8, 4) is 17.4 Å². The van der Waals surface area contributed by atoms with Crippen molar-refractivity contribution in [3.63, 3.8) is 0 Å². The highest BCUT2D eigenvalue weighted by Gasteiger charge is 2.17. The number of morpholine rings is 1. The van der Waals surface area contributed by atoms with Crippen LogP contribution in [0.5, 0.6) is 17.4 Å². The number of hydrogen-bond donors (Lipinski definition) is 2. The molecule has 1 amide bonds. The number of halogens is 1. The van der Waals surface area contributed by atoms with Gasteiger partial charge in [0.15, 0.2) is 0 Å². The zero-order valence-electron chi connectivity index (χ0n) is 23.4. The molecule has 3 aromatic rings. The number of nitrogens with zero attached hydrogens (tertiary/aromatic N) is 5. The number of nitrogens with one attached hydrogen (secondary N) is 2. The van der Waals surface area contributed by atoms with Crippen molar-refractivity contribution < 1.29 is 19.0 Å². The molecule has 218 valence electrons. The number of carbonyl (C=O) groups excluding carboxylic acids is 1. The van der Waals surface area contributed by atoms with E-state index in [-0.39, 0.29) is 16.8 Å². The maximum absolute atomic E-state index is 12.5. The van der Waals surface area contributed by atoms with Gasteiger partial charge in [0.05, 0.1) is 32.2 Å². The van der Waals surface area contributed by atoms with Crippen LogP contribution < -0.4 is 25.0 Å². The van der Waals surface area contributed by atoms with Gasteiger partial charge < -0.3 is 34.6 Å². The van der Waals surface area contributed by atoms with Gasteiger partial charge in [-0.3, -0.25) is 9.69 Å². The van der Waals surface area contributed by atoms with E-state index in [1.807, 2.05) is 18.2 Å². The Labute approximate surface area is 245 Å². The van der Waals surface area contributed by atoms with Crippen LogP contribution in [-0.2, 0) is 9.53 Å². The van der Waals surface area contributed by atoms with Crippen molar-refractivity contribution >= 4 is 40.5 Å². The first-order valence-electron chi connectivity index (χ1n) is 13.8. The molecule has 0 unspecified atom stereocenters. The monoisotopic (exact) mass is 581 g/mol. The zero-order chi connectivity index (χ0) is 28.6. The summed E-state index contributed by atoms with van der Waals surface area (Å²) < 4.78 is 17.0. The molecular formula is C29H36ClN7O4. The summed E-state index contributed by atoms with van der Waals surface area (Å²) in [6.07, 6.45) is 1.88. The van der Waals surface area contributed by atoms with Gasteiger partial charge >= 0.3 is 0 Å². The molecule has 11 nitrogen and oxygen atoms in total. The number of aromatic nitrogens is 2. The maximum Gasteiger partial charge on any atom is 0.243 e. The first kappa shape index (κ1) is 28.9. The van der Waals surface area contributed by atoms with Gasteiger partial charge in [0.25, 0.3) is 0 Å². The first-order valence-corrected chi connectivity index (χ1v) is 14.1. The molecule has 41 heavy (non-hydrogen) atoms. The third kappa shape index (κ3) is 7.98. The summed E-state index contributed by atoms with van der Waals surface area (Å²) in [4.78, 5) is 28.2. The number of benzene rings is 2. The summed E-state index contributed by atoms with van der Waals surface area (Å²) in [5, 5.41) is 6.40. The van der Waals surface area contributed by atoms with E-state index in [0.717, 1.165) is 50.6 Å². The Morgan fingerprint density at radius 1 is 1.07 bits per heavy atom. The number of hydrogen-bond acceptors (Lipinski definition) is 10. The Kier molecular flexibility index (Phi) is 9.73. The highest BCUT2D eigenvalue weighted by Crippen LogP contribution is 2.34. The summed E-state index contributed by atoms with van der Waals surface area (Å²) in [5.41, 5.74) is 2.46. The number of ether oxygens (including phenoxy) is 3. The van der Waals surface area contributed by atoms with Crippen molar-refractivity contribution in [2.24, 2.45) is 0 Å². The molecule has 2 N–H and O–H groups in total. The van der Waals surface area contributed by atoms with Crippen LogP contribution in [0, 0.1) is 0 Å². The Bertz CT molecular complexity index is 1330. The molecule has 0 bridgehead atoms. The molecule has 3 heterocycles. The molecule has 0 atom stereocenters. The molecule has 2 aliphatic rings. The highest BCUT2D eigenvalue weighted by atomic mass is 35.5. The van der Waals surface area contributed by atoms with Gasteiger partial charge in [0.2, 0.25) is 17.7 Å². The van der Waals surface area contributed by atoms with E-state index in [2.05, 4.69) is 48.4 Å². The first-order chi connectivity index (χ1) is 20.0. The number of rotatable bonds is 10. The van der Waals surface area contributed by atoms with Gasteiger partial charge in [-0.2, -0.15) is 4.98 Å². The van der Waals surface area contributed by atoms with Crippen LogP contribution in [0.3, 0.4) is 0 Å². The van der Waals surface area contributed by atoms with E-state index >= 15 is 0 Å². The number of likely N-dealkylation sites (N-methyl/N-ethyl adjacent to an activating group) is 1. The molecule has 0 saturated carbocycles. The molecule has 2 aromatic carbocycles. The summed E-state index contributed by atoms with van der Waals surface area (Å²) >= 11 is 6.37. The van der Waals surface area contributed by atoms with Gasteiger partial charge in [-0.25, -0.2) is 4.98 Å². The molecule has 2 saturated heterocycles. The second kappa shape index (κ2) is 13.8. The average Bonchev–Trinajstić information content (AvgIpc) is 2.99. The summed E-state index contributed by atoms with van der Waals surface area (Å²) in [5.74, 6) is 1.60. The van der Waals surface area contributed by atoms with E-state index in [1.165, 1.54) is 6.20 Å². The second-order valence-electron chi connectivity index (χ2n) is 10.0. The second-order valence-corrected chi connectivity index (χ2v) is 10.4. The van der Waals surface area contributed by atoms with E-state index in [1.54, 1.807) is 25.3 Å². The van der Waals surface area contributed by atoms with Crippen LogP contribution in [-0.4, -0.2) is 98.9 Å². The summed E-state index contributed by atoms with van der Waals surface area (Å²) in [6.45, 7) is 7.78. The van der Waals surface area contributed by atoms with Crippen LogP contribution in [0.4, 0.5) is 23.0 Å². The van der Waals surface area contributed by atoms with Gasteiger partial charge in [0, 0.05) is 75.7 Å². The van der Waals surface area contributed by atoms with Crippen molar-refractivity contribution in [1.29, 1.82) is 0 Å². The molecule has 12 heteroatoms. The van der Waals surface area contributed by atoms with Gasteiger partial charge in [-0.15, -0.1) is 0 Å². The normalized spacial score (nSPS) is 16.3. The minimum absolute atomic E-state index is 0.0622. The smallest absolute Gasteiger partial charge is 0.243 e. The van der Waals surface area contributed by atoms with E-state index in [4.69, 9.17) is 25.8 Å². The number of piperazine rings is 1. The van der Waals surface area contributed by atoms with Crippen LogP contribution >= 0.6 is 11.6 Å². The molecule has 0 spiro atoms. The Hall–Kier alpha value is -3.64. The zero-order valence-corrected chi connectivity index (χ0v) is 24.2. The predicted molar refractivity (Wildman–Crippen MR) is 160 cm³/mol. The van der Waals surface area contributed by atoms with Crippen LogP contribution in [0.15, 0.2) is 48.7 Å². The van der Waals surface area contributed by atoms with Crippen molar-refractivity contribution in [2.75, 3.05) is 88.7 Å². The molecule has 1 aromatic heterocycles. The number of amides is 1. The van der Waals surface area contributed by atoms with Crippen LogP contribution in [0.1, 0.15) is 6.42 Å². The lowest BCUT2D eigenvalue weighted by Crippen LogP contribution is -2.44. The standard InChI is InChI=1S/C29H36ClN7O4/c1-35-10-12-37(13-11-35)22-6-7-25(26(19-22)39-2)33-29-31-20-24(30)28(34-29)41-23-5-3-4-21(18-23)32-27(38)8-9-36-14-16-40-17-15-36/h3-7,18-20H,8-17H2,1-2H3,(H,32,38)(H,31,33,34). The van der Waals surface area contributed by atoms with E-state index in [0.29, 0.717) is 49.3 Å². The largest absolute Gasteiger partial charge is 0.494 e. The number of methoxy groups -OCH3 is 1. The van der Waals surface area contributed by atoms with Crippen LogP contribution in [0.2, 0.25) is 5.02 Å². The number of carbonyl (C=O) groups is 1. The molecule has 2 aliphatic heterocycles. The Morgan fingerprint density at radius 2 is 1.88 bits per heavy atom. The SMILES string of the molecule is COc1cc(N2CCN(C)CC2)ccc1Nc1ncc(Cl)c(Oc2cccc(NC(=O)CCN3CCOCC3)c2)n1. The molecule has 2 fully saturated rings. The van der Waals surface area contributed by atoms with Crippen molar-refractivity contribution in [3.05, 3.63) is 53.7 Å². The quantitative estimate of drug-likeness (QED) is 0.364. The fourth-order valence-electron chi connectivity index (χ4n) is 4.71. The van der Waals surface area contributed by atoms with Crippen molar-refractivity contribution in [1.82, 2.24) is 19.8 Å². The third-order valence-electron chi connectivity index (χ3n) is 7.10. The minimum atomic E-state index is -0.0622. The fraction of sp³-hybridized carbons (Fsp3) is 0.414. The lowest BCUT2D eigenvalue weighted by Gasteiger charge is -2.34. The average molecular weight is 582 g/mol. The Morgan fingerprint density at radius 3 is 2.66 bits per heavy atom. The summed E-state index contributed by atoms with van der Waals surface area (Å²) in [6, 6.07) is 13.1. The maximum atomic E-state index is 12.5. The fourth-order valence-corrected chi connectivity index (χ4v) is 4.83. The molecule has 5 rings (SSSR count). The van der Waals surface area contributed by atoms with Gasteiger partial charge in [-0.1, -0.05) is 17.7 Å². The highest BCUT2D eigenvalue weighted by molar-refractivity contribution is 6.31. The van der Waals surface area contributed by atoms with Gasteiger partial charge in [-0.05, 0) is 31.3 Å².